The van der Waals surface area contributed by atoms with E-state index < -0.39 is 17.5 Å². The van der Waals surface area contributed by atoms with E-state index in [1.807, 2.05) is 62.4 Å². The number of fused-ring (bicyclic) bond motifs is 1. The summed E-state index contributed by atoms with van der Waals surface area (Å²) in [7, 11) is 0. The summed E-state index contributed by atoms with van der Waals surface area (Å²) in [5, 5.41) is 0.962. The van der Waals surface area contributed by atoms with Gasteiger partial charge in [-0.1, -0.05) is 36.4 Å². The van der Waals surface area contributed by atoms with Gasteiger partial charge >= 0.3 is 6.09 Å². The van der Waals surface area contributed by atoms with Crippen molar-refractivity contribution in [3.8, 4) is 27.4 Å². The van der Waals surface area contributed by atoms with Crippen LogP contribution in [-0.4, -0.2) is 28.3 Å². The van der Waals surface area contributed by atoms with E-state index in [2.05, 4.69) is 9.97 Å². The fourth-order valence-electron chi connectivity index (χ4n) is 3.73. The predicted octanol–water partition coefficient (Wildman–Crippen LogP) is 6.85. The number of para-hydroxylation sites is 1. The molecule has 176 valence electrons. The van der Waals surface area contributed by atoms with Crippen LogP contribution in [0.2, 0.25) is 5.28 Å². The minimum atomic E-state index is -0.788. The van der Waals surface area contributed by atoms with Crippen molar-refractivity contribution in [3.05, 3.63) is 65.8 Å². The van der Waals surface area contributed by atoms with Gasteiger partial charge in [0, 0.05) is 15.8 Å². The van der Waals surface area contributed by atoms with Crippen molar-refractivity contribution in [2.24, 2.45) is 5.73 Å². The van der Waals surface area contributed by atoms with Crippen molar-refractivity contribution in [2.45, 2.75) is 32.3 Å². The summed E-state index contributed by atoms with van der Waals surface area (Å²) in [5.41, 5.74) is 6.55. The molecule has 1 amide bonds. The zero-order valence-corrected chi connectivity index (χ0v) is 20.3. The van der Waals surface area contributed by atoms with Crippen LogP contribution in [0.3, 0.4) is 0 Å². The molecule has 9 heteroatoms. The van der Waals surface area contributed by atoms with Crippen LogP contribution in [-0.2, 0) is 4.74 Å². The maximum Gasteiger partial charge on any atom is 0.405 e. The molecule has 0 radical (unpaired) electrons. The molecule has 0 atom stereocenters. The number of primary amides is 1. The average Bonchev–Trinajstić information content (AvgIpc) is 3.22. The predicted molar refractivity (Wildman–Crippen MR) is 133 cm³/mol. The van der Waals surface area contributed by atoms with Gasteiger partial charge in [0.15, 0.2) is 5.82 Å². The van der Waals surface area contributed by atoms with Crippen molar-refractivity contribution in [3.63, 3.8) is 0 Å². The monoisotopic (exact) mass is 499 g/mol. The van der Waals surface area contributed by atoms with Gasteiger partial charge in [-0.15, -0.1) is 11.3 Å². The molecule has 4 aromatic rings. The van der Waals surface area contributed by atoms with Gasteiger partial charge in [-0.25, -0.2) is 19.2 Å². The number of thiophene rings is 1. The van der Waals surface area contributed by atoms with Crippen LogP contribution < -0.4 is 10.5 Å². The SMILES string of the molecule is CC(C)(CCCOc1ccccc1-c1cccc2cc(-c3nc(Cl)ncc3F)sc12)OC(N)=O. The van der Waals surface area contributed by atoms with Gasteiger partial charge in [0.05, 0.1) is 17.7 Å². The van der Waals surface area contributed by atoms with Gasteiger partial charge in [-0.05, 0) is 55.8 Å². The number of aromatic nitrogens is 2. The Balaban J connectivity index is 1.60. The summed E-state index contributed by atoms with van der Waals surface area (Å²) >= 11 is 7.33. The highest BCUT2D eigenvalue weighted by molar-refractivity contribution is 7.22. The standard InChI is InChI=1S/C25H23ClFN3O3S/c1-25(2,33-24(28)31)11-6-12-32-19-10-4-3-8-16(19)17-9-5-7-15-13-20(34-22(15)17)21-18(27)14-29-23(26)30-21/h3-5,7-10,13-14H,6,11-12H2,1-2H3,(H2,28,31). The van der Waals surface area contributed by atoms with Crippen molar-refractivity contribution >= 4 is 39.1 Å². The first-order chi connectivity index (χ1) is 16.2. The number of carbonyl (C=O) groups excluding carboxylic acids is 1. The van der Waals surface area contributed by atoms with Gasteiger partial charge in [-0.3, -0.25) is 0 Å². The minimum Gasteiger partial charge on any atom is -0.493 e. The summed E-state index contributed by atoms with van der Waals surface area (Å²) in [6, 6.07) is 15.6. The molecule has 2 N–H and O–H groups in total. The first-order valence-corrected chi connectivity index (χ1v) is 11.8. The van der Waals surface area contributed by atoms with E-state index in [-0.39, 0.29) is 11.0 Å². The second-order valence-electron chi connectivity index (χ2n) is 8.30. The molecule has 0 saturated heterocycles. The van der Waals surface area contributed by atoms with Gasteiger partial charge in [-0.2, -0.15) is 0 Å². The number of nitrogens with zero attached hydrogens (tertiary/aromatic N) is 2. The third kappa shape index (κ3) is 5.46. The van der Waals surface area contributed by atoms with Crippen molar-refractivity contribution in [1.82, 2.24) is 9.97 Å². The molecule has 34 heavy (non-hydrogen) atoms. The van der Waals surface area contributed by atoms with Crippen LogP contribution >= 0.6 is 22.9 Å². The van der Waals surface area contributed by atoms with Gasteiger partial charge in [0.1, 0.15) is 17.0 Å². The van der Waals surface area contributed by atoms with Gasteiger partial charge < -0.3 is 15.2 Å². The second kappa shape index (κ2) is 9.95. The Morgan fingerprint density at radius 3 is 2.74 bits per heavy atom. The molecule has 0 aliphatic carbocycles. The lowest BCUT2D eigenvalue weighted by atomic mass is 10.0. The molecule has 6 nitrogen and oxygen atoms in total. The topological polar surface area (TPSA) is 87.3 Å². The molecular weight excluding hydrogens is 477 g/mol. The summed E-state index contributed by atoms with van der Waals surface area (Å²) in [4.78, 5) is 19.5. The molecule has 0 fully saturated rings. The second-order valence-corrected chi connectivity index (χ2v) is 9.69. The lowest BCUT2D eigenvalue weighted by molar-refractivity contribution is 0.0349. The fourth-order valence-corrected chi connectivity index (χ4v) is 5.04. The van der Waals surface area contributed by atoms with E-state index in [1.54, 1.807) is 0 Å². The number of amides is 1. The number of hydrogen-bond acceptors (Lipinski definition) is 6. The lowest BCUT2D eigenvalue weighted by Crippen LogP contribution is -2.31. The van der Waals surface area contributed by atoms with Crippen molar-refractivity contribution < 1.29 is 18.7 Å². The van der Waals surface area contributed by atoms with Gasteiger partial charge in [0.25, 0.3) is 0 Å². The lowest BCUT2D eigenvalue weighted by Gasteiger charge is -2.23. The van der Waals surface area contributed by atoms with Gasteiger partial charge in [0.2, 0.25) is 5.28 Å². The largest absolute Gasteiger partial charge is 0.493 e. The minimum absolute atomic E-state index is 0.00256. The van der Waals surface area contributed by atoms with E-state index >= 15 is 0 Å². The van der Waals surface area contributed by atoms with E-state index in [1.165, 1.54) is 11.3 Å². The molecule has 2 heterocycles. The first-order valence-electron chi connectivity index (χ1n) is 10.7. The summed E-state index contributed by atoms with van der Waals surface area (Å²) in [6.07, 6.45) is 1.57. The molecule has 2 aromatic carbocycles. The normalized spacial score (nSPS) is 11.5. The zero-order valence-electron chi connectivity index (χ0n) is 18.7. The smallest absolute Gasteiger partial charge is 0.405 e. The third-order valence-corrected chi connectivity index (χ3v) is 6.60. The summed E-state index contributed by atoms with van der Waals surface area (Å²) < 4.78 is 26.6. The molecular formula is C25H23ClFN3O3S. The number of ether oxygens (including phenoxy) is 2. The van der Waals surface area contributed by atoms with Crippen molar-refractivity contribution in [1.29, 1.82) is 0 Å². The first kappa shape index (κ1) is 23.9. The molecule has 2 aromatic heterocycles. The van der Waals surface area contributed by atoms with E-state index in [9.17, 15) is 9.18 Å². The number of nitrogens with two attached hydrogens (primary N) is 1. The van der Waals surface area contributed by atoms with E-state index in [4.69, 9.17) is 26.8 Å². The Morgan fingerprint density at radius 1 is 1.18 bits per heavy atom. The summed E-state index contributed by atoms with van der Waals surface area (Å²) in [5.74, 6) is 0.208. The maximum atomic E-state index is 14.4. The quantitative estimate of drug-likeness (QED) is 0.211. The fraction of sp³-hybridized carbons (Fsp3) is 0.240. The summed E-state index contributed by atoms with van der Waals surface area (Å²) in [6.45, 7) is 4.07. The van der Waals surface area contributed by atoms with Crippen LogP contribution in [0.4, 0.5) is 9.18 Å². The highest BCUT2D eigenvalue weighted by atomic mass is 35.5. The molecule has 0 spiro atoms. The van der Waals surface area contributed by atoms with E-state index in [0.29, 0.717) is 24.3 Å². The maximum absolute atomic E-state index is 14.4. The Kier molecular flexibility index (Phi) is 7.00. The number of halogens is 2. The number of hydrogen-bond donors (Lipinski definition) is 1. The zero-order chi connectivity index (χ0) is 24.3. The Bertz CT molecular complexity index is 1340. The number of benzene rings is 2. The molecule has 0 bridgehead atoms. The Labute approximate surface area is 205 Å². The molecule has 0 unspecified atom stereocenters. The average molecular weight is 500 g/mol. The van der Waals surface area contributed by atoms with Crippen molar-refractivity contribution in [2.75, 3.05) is 6.61 Å². The van der Waals surface area contributed by atoms with Crippen LogP contribution in [0.5, 0.6) is 5.75 Å². The Morgan fingerprint density at radius 2 is 1.94 bits per heavy atom. The Hall–Kier alpha value is -3.23. The number of carbonyl (C=O) groups is 1. The molecule has 0 aliphatic heterocycles. The van der Waals surface area contributed by atoms with Crippen LogP contribution in [0.25, 0.3) is 31.8 Å². The highest BCUT2D eigenvalue weighted by Crippen LogP contribution is 2.42. The van der Waals surface area contributed by atoms with Crippen LogP contribution in [0.15, 0.2) is 54.7 Å². The molecule has 0 saturated carbocycles. The van der Waals surface area contributed by atoms with Crippen LogP contribution in [0, 0.1) is 5.82 Å². The molecule has 0 aliphatic rings. The highest BCUT2D eigenvalue weighted by Gasteiger charge is 2.21. The van der Waals surface area contributed by atoms with Crippen LogP contribution in [0.1, 0.15) is 26.7 Å². The molecule has 4 rings (SSSR count). The number of rotatable bonds is 8. The van der Waals surface area contributed by atoms with E-state index in [0.717, 1.165) is 33.2 Å². The third-order valence-electron chi connectivity index (χ3n) is 5.23.